The fourth-order valence-electron chi connectivity index (χ4n) is 1.96. The van der Waals surface area contributed by atoms with Crippen molar-refractivity contribution in [2.24, 2.45) is 0 Å². The molecule has 1 aromatic rings. The van der Waals surface area contributed by atoms with E-state index < -0.39 is 28.1 Å². The third-order valence-corrected chi connectivity index (χ3v) is 2.88. The minimum absolute atomic E-state index is 0.193. The molecular weight excluding hydrogens is 350 g/mol. The Morgan fingerprint density at radius 3 is 1.85 bits per heavy atom. The summed E-state index contributed by atoms with van der Waals surface area (Å²) in [5.74, 6) is -1.13. The Morgan fingerprint density at radius 2 is 1.41 bits per heavy atom. The van der Waals surface area contributed by atoms with Crippen molar-refractivity contribution in [2.75, 3.05) is 0 Å². The van der Waals surface area contributed by atoms with Gasteiger partial charge in [0, 0.05) is 18.2 Å². The predicted octanol–water partition coefficient (Wildman–Crippen LogP) is 4.30. The number of rotatable bonds is 5. The summed E-state index contributed by atoms with van der Waals surface area (Å²) in [4.78, 5) is 34.2. The Labute approximate surface area is 158 Å². The van der Waals surface area contributed by atoms with Crippen LogP contribution in [0.2, 0.25) is 0 Å². The lowest BCUT2D eigenvalue weighted by Gasteiger charge is -2.18. The van der Waals surface area contributed by atoms with Crippen LogP contribution in [-0.2, 0) is 19.1 Å². The van der Waals surface area contributed by atoms with Crippen LogP contribution >= 0.6 is 0 Å². The number of esters is 2. The highest BCUT2D eigenvalue weighted by molar-refractivity contribution is 5.89. The maximum Gasteiger partial charge on any atom is 0.331 e. The van der Waals surface area contributed by atoms with Crippen LogP contribution in [0.15, 0.2) is 30.4 Å². The SMILES string of the molecule is CC(C)(C)OC(=O)C=Cc1ccc(C=CC(=O)OC(C)(C)C)c([N+](=O)[O-])c1. The van der Waals surface area contributed by atoms with Crippen LogP contribution < -0.4 is 0 Å². The topological polar surface area (TPSA) is 95.7 Å². The van der Waals surface area contributed by atoms with Gasteiger partial charge < -0.3 is 9.47 Å². The van der Waals surface area contributed by atoms with E-state index in [0.29, 0.717) is 5.56 Å². The van der Waals surface area contributed by atoms with E-state index in [4.69, 9.17) is 9.47 Å². The Kier molecular flexibility index (Phi) is 7.05. The first-order valence-electron chi connectivity index (χ1n) is 8.37. The lowest BCUT2D eigenvalue weighted by molar-refractivity contribution is -0.385. The molecule has 7 nitrogen and oxygen atoms in total. The van der Waals surface area contributed by atoms with Crippen molar-refractivity contribution >= 4 is 29.8 Å². The molecule has 1 aromatic carbocycles. The Bertz CT molecular complexity index is 779. The van der Waals surface area contributed by atoms with Crippen molar-refractivity contribution in [3.8, 4) is 0 Å². The van der Waals surface area contributed by atoms with Gasteiger partial charge in [-0.2, -0.15) is 0 Å². The van der Waals surface area contributed by atoms with Crippen molar-refractivity contribution in [2.45, 2.75) is 52.7 Å². The predicted molar refractivity (Wildman–Crippen MR) is 103 cm³/mol. The number of benzene rings is 1. The zero-order valence-corrected chi connectivity index (χ0v) is 16.4. The monoisotopic (exact) mass is 375 g/mol. The number of carbonyl (C=O) groups excluding carboxylic acids is 2. The molecule has 7 heteroatoms. The van der Waals surface area contributed by atoms with Crippen LogP contribution in [0.5, 0.6) is 0 Å². The quantitative estimate of drug-likeness (QED) is 0.329. The van der Waals surface area contributed by atoms with Crippen LogP contribution in [0.1, 0.15) is 52.7 Å². The largest absolute Gasteiger partial charge is 0.457 e. The van der Waals surface area contributed by atoms with Gasteiger partial charge in [0.05, 0.1) is 10.5 Å². The zero-order chi connectivity index (χ0) is 20.8. The summed E-state index contributed by atoms with van der Waals surface area (Å²) in [6.07, 6.45) is 5.11. The number of hydrogen-bond donors (Lipinski definition) is 0. The minimum Gasteiger partial charge on any atom is -0.457 e. The molecule has 0 amide bonds. The van der Waals surface area contributed by atoms with Crippen molar-refractivity contribution in [3.05, 3.63) is 51.6 Å². The summed E-state index contributed by atoms with van der Waals surface area (Å²) in [5.41, 5.74) is -0.753. The summed E-state index contributed by atoms with van der Waals surface area (Å²) >= 11 is 0. The fourth-order valence-corrected chi connectivity index (χ4v) is 1.96. The summed E-state index contributed by atoms with van der Waals surface area (Å²) in [7, 11) is 0. The van der Waals surface area contributed by atoms with Gasteiger partial charge in [-0.15, -0.1) is 0 Å². The second kappa shape index (κ2) is 8.62. The molecule has 0 spiro atoms. The van der Waals surface area contributed by atoms with Crippen LogP contribution in [0, 0.1) is 10.1 Å². The van der Waals surface area contributed by atoms with E-state index in [9.17, 15) is 19.7 Å². The average molecular weight is 375 g/mol. The number of nitrogens with zero attached hydrogens (tertiary/aromatic N) is 1. The number of carbonyl (C=O) groups is 2. The maximum absolute atomic E-state index is 11.7. The molecule has 0 saturated carbocycles. The second-order valence-electron chi connectivity index (χ2n) is 7.81. The lowest BCUT2D eigenvalue weighted by atomic mass is 10.1. The molecule has 0 aliphatic heterocycles. The molecule has 0 saturated heterocycles. The van der Waals surface area contributed by atoms with E-state index in [2.05, 4.69) is 0 Å². The highest BCUT2D eigenvalue weighted by Crippen LogP contribution is 2.23. The normalized spacial score (nSPS) is 12.4. The van der Waals surface area contributed by atoms with E-state index in [1.807, 2.05) is 0 Å². The minimum atomic E-state index is -0.649. The van der Waals surface area contributed by atoms with E-state index in [1.165, 1.54) is 30.4 Å². The molecule has 0 aliphatic rings. The van der Waals surface area contributed by atoms with Crippen molar-refractivity contribution in [3.63, 3.8) is 0 Å². The van der Waals surface area contributed by atoms with Gasteiger partial charge in [0.25, 0.3) is 5.69 Å². The molecule has 0 fully saturated rings. The molecular formula is C20H25NO6. The Hall–Kier alpha value is -2.96. The highest BCUT2D eigenvalue weighted by atomic mass is 16.6. The fraction of sp³-hybridized carbons (Fsp3) is 0.400. The van der Waals surface area contributed by atoms with E-state index >= 15 is 0 Å². The molecule has 0 bridgehead atoms. The average Bonchev–Trinajstić information content (AvgIpc) is 2.47. The van der Waals surface area contributed by atoms with E-state index in [0.717, 1.165) is 6.08 Å². The standard InChI is InChI=1S/C20H25NO6/c1-19(2,3)26-17(22)11-8-14-7-9-15(16(13-14)21(24)25)10-12-18(23)27-20(4,5)6/h7-13H,1-6H3. The molecule has 0 aromatic heterocycles. The first-order chi connectivity index (χ1) is 12.3. The van der Waals surface area contributed by atoms with Gasteiger partial charge in [-0.05, 0) is 65.3 Å². The van der Waals surface area contributed by atoms with E-state index in [1.54, 1.807) is 47.6 Å². The summed E-state index contributed by atoms with van der Waals surface area (Å²) in [5, 5.41) is 11.3. The summed E-state index contributed by atoms with van der Waals surface area (Å²) < 4.78 is 10.3. The lowest BCUT2D eigenvalue weighted by Crippen LogP contribution is -2.22. The first-order valence-corrected chi connectivity index (χ1v) is 8.37. The molecule has 0 N–H and O–H groups in total. The van der Waals surface area contributed by atoms with Crippen molar-refractivity contribution < 1.29 is 24.0 Å². The van der Waals surface area contributed by atoms with Gasteiger partial charge in [-0.25, -0.2) is 9.59 Å². The maximum atomic E-state index is 11.7. The third-order valence-electron chi connectivity index (χ3n) is 2.88. The van der Waals surface area contributed by atoms with Crippen molar-refractivity contribution in [1.29, 1.82) is 0 Å². The molecule has 0 aliphatic carbocycles. The van der Waals surface area contributed by atoms with Crippen LogP contribution in [-0.4, -0.2) is 28.1 Å². The Morgan fingerprint density at radius 1 is 0.926 bits per heavy atom. The summed E-state index contributed by atoms with van der Waals surface area (Å²) in [6.45, 7) is 10.4. The number of ether oxygens (including phenoxy) is 2. The first kappa shape index (κ1) is 22.1. The molecule has 146 valence electrons. The van der Waals surface area contributed by atoms with E-state index in [-0.39, 0.29) is 11.3 Å². The molecule has 1 rings (SSSR count). The van der Waals surface area contributed by atoms with Gasteiger partial charge in [-0.1, -0.05) is 6.07 Å². The van der Waals surface area contributed by atoms with Crippen LogP contribution in [0.4, 0.5) is 5.69 Å². The zero-order valence-electron chi connectivity index (χ0n) is 16.4. The highest BCUT2D eigenvalue weighted by Gasteiger charge is 2.16. The van der Waals surface area contributed by atoms with Crippen LogP contribution in [0.3, 0.4) is 0 Å². The van der Waals surface area contributed by atoms with Gasteiger partial charge in [0.1, 0.15) is 11.2 Å². The molecule has 0 unspecified atom stereocenters. The number of nitro benzene ring substituents is 1. The molecule has 0 heterocycles. The van der Waals surface area contributed by atoms with Crippen LogP contribution in [0.25, 0.3) is 12.2 Å². The van der Waals surface area contributed by atoms with Crippen molar-refractivity contribution in [1.82, 2.24) is 0 Å². The third kappa shape index (κ3) is 8.80. The van der Waals surface area contributed by atoms with Gasteiger partial charge >= 0.3 is 11.9 Å². The summed E-state index contributed by atoms with van der Waals surface area (Å²) in [6, 6.07) is 4.41. The smallest absolute Gasteiger partial charge is 0.331 e. The number of hydrogen-bond acceptors (Lipinski definition) is 6. The van der Waals surface area contributed by atoms with Gasteiger partial charge in [0.2, 0.25) is 0 Å². The Balaban J connectivity index is 3.00. The second-order valence-corrected chi connectivity index (χ2v) is 7.81. The molecule has 0 radical (unpaired) electrons. The van der Waals surface area contributed by atoms with Gasteiger partial charge in [0.15, 0.2) is 0 Å². The van der Waals surface area contributed by atoms with Gasteiger partial charge in [-0.3, -0.25) is 10.1 Å². The molecule has 27 heavy (non-hydrogen) atoms. The molecule has 0 atom stereocenters. The number of nitro groups is 1.